The lowest BCUT2D eigenvalue weighted by atomic mass is 9.79. The van der Waals surface area contributed by atoms with Crippen LogP contribution in [0.15, 0.2) is 77.3 Å². The highest BCUT2D eigenvalue weighted by molar-refractivity contribution is 9.10. The number of anilines is 1. The lowest BCUT2D eigenvalue weighted by Gasteiger charge is -2.29. The van der Waals surface area contributed by atoms with Crippen molar-refractivity contribution >= 4 is 39.2 Å². The number of nitrogens with zero attached hydrogens (tertiary/aromatic N) is 1. The van der Waals surface area contributed by atoms with Crippen molar-refractivity contribution in [1.82, 2.24) is 0 Å². The predicted octanol–water partition coefficient (Wildman–Crippen LogP) is 6.23. The van der Waals surface area contributed by atoms with E-state index in [-0.39, 0.29) is 5.69 Å². The zero-order valence-corrected chi connectivity index (χ0v) is 20.2. The van der Waals surface area contributed by atoms with Crippen molar-refractivity contribution in [3.8, 4) is 0 Å². The summed E-state index contributed by atoms with van der Waals surface area (Å²) in [6.45, 7) is 0. The van der Waals surface area contributed by atoms with E-state index in [9.17, 15) is 24.1 Å². The second-order valence-corrected chi connectivity index (χ2v) is 9.26. The Morgan fingerprint density at radius 2 is 1.69 bits per heavy atom. The number of hydrogen-bond acceptors (Lipinski definition) is 5. The molecule has 1 aliphatic carbocycles. The topological polar surface area (TPSA) is 98.5 Å². The van der Waals surface area contributed by atoms with Gasteiger partial charge in [-0.2, -0.15) is 0 Å². The first-order chi connectivity index (χ1) is 16.8. The molecule has 1 aliphatic rings. The molecule has 0 spiro atoms. The average molecular weight is 541 g/mol. The number of non-ortho nitro benzene ring substituents is 1. The molecule has 3 aromatic rings. The van der Waals surface area contributed by atoms with Crippen molar-refractivity contribution < 1.29 is 23.6 Å². The number of ether oxygens (including phenoxy) is 1. The van der Waals surface area contributed by atoms with E-state index in [1.807, 2.05) is 0 Å². The van der Waals surface area contributed by atoms with Crippen LogP contribution in [-0.2, 0) is 19.7 Å². The Morgan fingerprint density at radius 3 is 2.29 bits per heavy atom. The van der Waals surface area contributed by atoms with E-state index in [1.54, 1.807) is 42.5 Å². The SMILES string of the molecule is O=C(Nc1ccc([N+](=O)[O-])cc1Br)C(OC(=O)C1(c2ccc(F)cc2)CCCC1)c1ccccc1. The van der Waals surface area contributed by atoms with Gasteiger partial charge in [0, 0.05) is 22.2 Å². The summed E-state index contributed by atoms with van der Waals surface area (Å²) >= 11 is 3.24. The van der Waals surface area contributed by atoms with E-state index in [0.29, 0.717) is 34.1 Å². The standard InChI is InChI=1S/C26H22BrFN2O5/c27-21-16-20(30(33)34)12-13-22(21)29-24(31)23(17-6-2-1-3-7-17)35-25(32)26(14-4-5-15-26)18-8-10-19(28)11-9-18/h1-3,6-13,16,23H,4-5,14-15H2,(H,29,31). The van der Waals surface area contributed by atoms with Crippen molar-refractivity contribution in [2.24, 2.45) is 0 Å². The Balaban J connectivity index is 1.63. The van der Waals surface area contributed by atoms with Gasteiger partial charge in [-0.1, -0.05) is 55.3 Å². The fourth-order valence-electron chi connectivity index (χ4n) is 4.40. The number of esters is 1. The number of nitro groups is 1. The predicted molar refractivity (Wildman–Crippen MR) is 131 cm³/mol. The molecule has 0 saturated heterocycles. The second kappa shape index (κ2) is 10.4. The number of carbonyl (C=O) groups excluding carboxylic acids is 2. The second-order valence-electron chi connectivity index (χ2n) is 8.40. The number of hydrogen-bond donors (Lipinski definition) is 1. The molecule has 35 heavy (non-hydrogen) atoms. The number of carbonyl (C=O) groups is 2. The van der Waals surface area contributed by atoms with Crippen LogP contribution in [0.2, 0.25) is 0 Å². The van der Waals surface area contributed by atoms with E-state index in [1.165, 1.54) is 30.3 Å². The molecule has 1 unspecified atom stereocenters. The minimum Gasteiger partial charge on any atom is -0.447 e. The Morgan fingerprint density at radius 1 is 1.03 bits per heavy atom. The molecule has 9 heteroatoms. The minimum absolute atomic E-state index is 0.136. The van der Waals surface area contributed by atoms with Crippen LogP contribution in [0.1, 0.15) is 42.9 Å². The van der Waals surface area contributed by atoms with Gasteiger partial charge < -0.3 is 10.1 Å². The number of nitro benzene ring substituents is 1. The summed E-state index contributed by atoms with van der Waals surface area (Å²) in [6, 6.07) is 18.4. The quantitative estimate of drug-likeness (QED) is 0.217. The van der Waals surface area contributed by atoms with Gasteiger partial charge in [-0.3, -0.25) is 19.7 Å². The summed E-state index contributed by atoms with van der Waals surface area (Å²) in [4.78, 5) is 37.4. The summed E-state index contributed by atoms with van der Waals surface area (Å²) in [7, 11) is 0. The number of rotatable bonds is 7. The number of benzene rings is 3. The van der Waals surface area contributed by atoms with E-state index in [2.05, 4.69) is 21.2 Å². The van der Waals surface area contributed by atoms with Crippen LogP contribution >= 0.6 is 15.9 Å². The molecule has 1 N–H and O–H groups in total. The molecule has 1 fully saturated rings. The van der Waals surface area contributed by atoms with E-state index in [0.717, 1.165) is 12.8 Å². The highest BCUT2D eigenvalue weighted by Crippen LogP contribution is 2.43. The van der Waals surface area contributed by atoms with Gasteiger partial charge in [0.1, 0.15) is 5.82 Å². The molecule has 1 amide bonds. The molecule has 4 rings (SSSR count). The van der Waals surface area contributed by atoms with Crippen LogP contribution in [0.25, 0.3) is 0 Å². The average Bonchev–Trinajstić information content (AvgIpc) is 3.36. The molecule has 3 aromatic carbocycles. The molecule has 0 aromatic heterocycles. The van der Waals surface area contributed by atoms with Gasteiger partial charge >= 0.3 is 5.97 Å². The zero-order chi connectivity index (χ0) is 25.0. The van der Waals surface area contributed by atoms with E-state index < -0.39 is 34.1 Å². The van der Waals surface area contributed by atoms with Gasteiger partial charge in [0.25, 0.3) is 11.6 Å². The number of halogens is 2. The molecule has 0 heterocycles. The van der Waals surface area contributed by atoms with Gasteiger partial charge in [0.2, 0.25) is 6.10 Å². The Bertz CT molecular complexity index is 1240. The van der Waals surface area contributed by atoms with Gasteiger partial charge in [-0.25, -0.2) is 4.39 Å². The Labute approximate surface area is 209 Å². The smallest absolute Gasteiger partial charge is 0.317 e. The van der Waals surface area contributed by atoms with Crippen LogP contribution in [0.4, 0.5) is 15.8 Å². The molecule has 0 radical (unpaired) electrons. The lowest BCUT2D eigenvalue weighted by molar-refractivity contribution is -0.384. The third-order valence-corrected chi connectivity index (χ3v) is 6.89. The normalized spacial score (nSPS) is 15.3. The summed E-state index contributed by atoms with van der Waals surface area (Å²) in [5.41, 5.74) is 0.333. The summed E-state index contributed by atoms with van der Waals surface area (Å²) in [5, 5.41) is 13.7. The molecular weight excluding hydrogens is 519 g/mol. The van der Waals surface area contributed by atoms with Crippen LogP contribution in [-0.4, -0.2) is 16.8 Å². The molecule has 1 saturated carbocycles. The molecule has 1 atom stereocenters. The Hall–Kier alpha value is -3.59. The van der Waals surface area contributed by atoms with Gasteiger partial charge in [0.15, 0.2) is 0 Å². The maximum absolute atomic E-state index is 13.6. The first-order valence-corrected chi connectivity index (χ1v) is 11.9. The molecule has 0 aliphatic heterocycles. The minimum atomic E-state index is -1.26. The highest BCUT2D eigenvalue weighted by atomic mass is 79.9. The first kappa shape index (κ1) is 24.5. The first-order valence-electron chi connectivity index (χ1n) is 11.1. The van der Waals surface area contributed by atoms with Crippen molar-refractivity contribution in [3.05, 3.63) is 104 Å². The van der Waals surface area contributed by atoms with Crippen molar-refractivity contribution in [1.29, 1.82) is 0 Å². The molecular formula is C26H22BrFN2O5. The van der Waals surface area contributed by atoms with Gasteiger partial charge in [0.05, 0.1) is 16.0 Å². The number of amides is 1. The van der Waals surface area contributed by atoms with E-state index >= 15 is 0 Å². The van der Waals surface area contributed by atoms with Gasteiger partial charge in [-0.05, 0) is 52.5 Å². The monoisotopic (exact) mass is 540 g/mol. The van der Waals surface area contributed by atoms with Crippen molar-refractivity contribution in [2.45, 2.75) is 37.2 Å². The van der Waals surface area contributed by atoms with Crippen LogP contribution in [0.5, 0.6) is 0 Å². The van der Waals surface area contributed by atoms with Crippen LogP contribution in [0, 0.1) is 15.9 Å². The van der Waals surface area contributed by atoms with Crippen molar-refractivity contribution in [2.75, 3.05) is 5.32 Å². The molecule has 7 nitrogen and oxygen atoms in total. The lowest BCUT2D eigenvalue weighted by Crippen LogP contribution is -2.38. The van der Waals surface area contributed by atoms with Gasteiger partial charge in [-0.15, -0.1) is 0 Å². The maximum Gasteiger partial charge on any atom is 0.317 e. The third-order valence-electron chi connectivity index (χ3n) is 6.23. The van der Waals surface area contributed by atoms with Crippen LogP contribution < -0.4 is 5.32 Å². The summed E-state index contributed by atoms with van der Waals surface area (Å²) < 4.78 is 19.7. The fraction of sp³-hybridized carbons (Fsp3) is 0.231. The van der Waals surface area contributed by atoms with Crippen LogP contribution in [0.3, 0.4) is 0 Å². The number of nitrogens with one attached hydrogen (secondary N) is 1. The highest BCUT2D eigenvalue weighted by Gasteiger charge is 2.46. The largest absolute Gasteiger partial charge is 0.447 e. The molecule has 0 bridgehead atoms. The fourth-order valence-corrected chi connectivity index (χ4v) is 4.86. The third kappa shape index (κ3) is 5.24. The Kier molecular flexibility index (Phi) is 7.25. The van der Waals surface area contributed by atoms with Crippen molar-refractivity contribution in [3.63, 3.8) is 0 Å². The molecule has 180 valence electrons. The summed E-state index contributed by atoms with van der Waals surface area (Å²) in [6.07, 6.45) is 1.43. The zero-order valence-electron chi connectivity index (χ0n) is 18.6. The maximum atomic E-state index is 13.6. The van der Waals surface area contributed by atoms with E-state index in [4.69, 9.17) is 4.74 Å². The summed E-state index contributed by atoms with van der Waals surface area (Å²) in [5.74, 6) is -1.55.